The smallest absolute Gasteiger partial charge is 0.387 e. The molecule has 2 rings (SSSR count). The Morgan fingerprint density at radius 1 is 0.926 bits per heavy atom. The van der Waals surface area contributed by atoms with E-state index in [0.717, 1.165) is 22.7 Å². The van der Waals surface area contributed by atoms with Crippen molar-refractivity contribution >= 4 is 27.7 Å². The van der Waals surface area contributed by atoms with Gasteiger partial charge < -0.3 is 14.2 Å². The van der Waals surface area contributed by atoms with Gasteiger partial charge in [0.25, 0.3) is 0 Å². The first-order valence-corrected chi connectivity index (χ1v) is 8.05. The van der Waals surface area contributed by atoms with Crippen LogP contribution in [0.2, 0.25) is 0 Å². The minimum Gasteiger partial charge on any atom is -0.454 e. The minimum absolute atomic E-state index is 0.177. The Balaban J connectivity index is 2.11. The quantitative estimate of drug-likeness (QED) is 0.331. The number of Topliss-reactive ketones (excluding diaryl/α,β-unsaturated/α-hetero) is 1. The molecule has 0 fully saturated rings. The summed E-state index contributed by atoms with van der Waals surface area (Å²) in [6.45, 7) is -7.25. The van der Waals surface area contributed by atoms with Crippen LogP contribution in [0.1, 0.15) is 20.7 Å². The van der Waals surface area contributed by atoms with Gasteiger partial charge in [-0.2, -0.15) is 17.6 Å². The second-order valence-electron chi connectivity index (χ2n) is 4.92. The van der Waals surface area contributed by atoms with Crippen molar-refractivity contribution in [3.8, 4) is 11.5 Å². The molecule has 0 radical (unpaired) electrons. The zero-order valence-electron chi connectivity index (χ0n) is 13.3. The fraction of sp³-hybridized carbons (Fsp3) is 0.176. The van der Waals surface area contributed by atoms with Crippen LogP contribution in [0, 0.1) is 0 Å². The number of ketones is 1. The minimum atomic E-state index is -3.30. The number of carbonyl (C=O) groups excluding carboxylic acids is 2. The Morgan fingerprint density at radius 3 is 2.15 bits per heavy atom. The highest BCUT2D eigenvalue weighted by atomic mass is 79.9. The van der Waals surface area contributed by atoms with Crippen LogP contribution in [0.4, 0.5) is 17.6 Å². The standard InChI is InChI=1S/C17H11BrF4O5/c18-10-3-1-9(2-4-10)15(24)25-8-13(23)12-6-5-11(26-16(19)20)7-14(12)27-17(21)22/h1-7,16-17H,8H2. The number of benzene rings is 2. The number of rotatable bonds is 8. The van der Waals surface area contributed by atoms with Crippen LogP contribution in [0.5, 0.6) is 11.5 Å². The van der Waals surface area contributed by atoms with Gasteiger partial charge in [-0.1, -0.05) is 15.9 Å². The van der Waals surface area contributed by atoms with Gasteiger partial charge in [0.1, 0.15) is 11.5 Å². The molecule has 0 aliphatic rings. The number of hydrogen-bond acceptors (Lipinski definition) is 5. The van der Waals surface area contributed by atoms with Crippen LogP contribution in [0.25, 0.3) is 0 Å². The molecule has 0 saturated carbocycles. The van der Waals surface area contributed by atoms with Gasteiger partial charge >= 0.3 is 19.2 Å². The number of alkyl halides is 4. The van der Waals surface area contributed by atoms with Gasteiger partial charge in [0.05, 0.1) is 11.1 Å². The summed E-state index contributed by atoms with van der Waals surface area (Å²) >= 11 is 3.20. The summed E-state index contributed by atoms with van der Waals surface area (Å²) in [6.07, 6.45) is 0. The van der Waals surface area contributed by atoms with E-state index in [2.05, 4.69) is 25.4 Å². The van der Waals surface area contributed by atoms with Crippen LogP contribution in [0.15, 0.2) is 46.9 Å². The summed E-state index contributed by atoms with van der Waals surface area (Å²) in [5.74, 6) is -2.80. The molecule has 0 bridgehead atoms. The predicted octanol–water partition coefficient (Wildman–Crippen LogP) is 4.69. The van der Waals surface area contributed by atoms with Gasteiger partial charge in [-0.3, -0.25) is 4.79 Å². The zero-order chi connectivity index (χ0) is 20.0. The molecule has 0 atom stereocenters. The van der Waals surface area contributed by atoms with Crippen LogP contribution < -0.4 is 9.47 Å². The maximum Gasteiger partial charge on any atom is 0.387 e. The van der Waals surface area contributed by atoms with Crippen LogP contribution in [-0.4, -0.2) is 31.6 Å². The van der Waals surface area contributed by atoms with Crippen molar-refractivity contribution in [1.82, 2.24) is 0 Å². The normalized spacial score (nSPS) is 10.8. The molecule has 0 unspecified atom stereocenters. The third kappa shape index (κ3) is 6.24. The van der Waals surface area contributed by atoms with Crippen molar-refractivity contribution in [2.75, 3.05) is 6.61 Å². The molecule has 0 N–H and O–H groups in total. The summed E-state index contributed by atoms with van der Waals surface area (Å²) < 4.78 is 63.3. The predicted molar refractivity (Wildman–Crippen MR) is 88.5 cm³/mol. The highest BCUT2D eigenvalue weighted by Gasteiger charge is 2.20. The number of ether oxygens (including phenoxy) is 3. The highest BCUT2D eigenvalue weighted by Crippen LogP contribution is 2.28. The van der Waals surface area contributed by atoms with Crippen molar-refractivity contribution in [1.29, 1.82) is 0 Å². The zero-order valence-corrected chi connectivity index (χ0v) is 14.9. The first-order chi connectivity index (χ1) is 12.8. The van der Waals surface area contributed by atoms with E-state index in [9.17, 15) is 27.2 Å². The van der Waals surface area contributed by atoms with E-state index in [0.29, 0.717) is 0 Å². The Bertz CT molecular complexity index is 811. The average Bonchev–Trinajstić information content (AvgIpc) is 2.59. The van der Waals surface area contributed by atoms with Gasteiger partial charge in [-0.05, 0) is 36.4 Å². The number of halogens is 5. The molecule has 0 spiro atoms. The molecule has 2 aromatic rings. The molecule has 0 heterocycles. The SMILES string of the molecule is O=C(OCC(=O)c1ccc(OC(F)F)cc1OC(F)F)c1ccc(Br)cc1. The van der Waals surface area contributed by atoms with E-state index < -0.39 is 43.1 Å². The van der Waals surface area contributed by atoms with Gasteiger partial charge in [0.2, 0.25) is 5.78 Å². The van der Waals surface area contributed by atoms with E-state index >= 15 is 0 Å². The Morgan fingerprint density at radius 2 is 1.56 bits per heavy atom. The first-order valence-electron chi connectivity index (χ1n) is 7.26. The lowest BCUT2D eigenvalue weighted by molar-refractivity contribution is -0.0545. The molecule has 10 heteroatoms. The number of carbonyl (C=O) groups is 2. The topological polar surface area (TPSA) is 61.8 Å². The van der Waals surface area contributed by atoms with Crippen LogP contribution in [-0.2, 0) is 4.74 Å². The van der Waals surface area contributed by atoms with Crippen LogP contribution in [0.3, 0.4) is 0 Å². The first kappa shape index (κ1) is 20.7. The molecule has 27 heavy (non-hydrogen) atoms. The van der Waals surface area contributed by atoms with Gasteiger partial charge in [0.15, 0.2) is 6.61 Å². The lowest BCUT2D eigenvalue weighted by Crippen LogP contribution is -2.16. The molecule has 5 nitrogen and oxygen atoms in total. The molecule has 144 valence electrons. The number of hydrogen-bond donors (Lipinski definition) is 0. The van der Waals surface area contributed by atoms with Crippen molar-refractivity contribution in [2.45, 2.75) is 13.2 Å². The lowest BCUT2D eigenvalue weighted by atomic mass is 10.1. The molecule has 0 aromatic heterocycles. The monoisotopic (exact) mass is 450 g/mol. The van der Waals surface area contributed by atoms with E-state index in [1.807, 2.05) is 0 Å². The van der Waals surface area contributed by atoms with Crippen molar-refractivity contribution < 1.29 is 41.4 Å². The van der Waals surface area contributed by atoms with Crippen molar-refractivity contribution in [3.05, 3.63) is 58.1 Å². The molecule has 0 saturated heterocycles. The fourth-order valence-corrected chi connectivity index (χ4v) is 2.25. The van der Waals surface area contributed by atoms with E-state index in [-0.39, 0.29) is 11.1 Å². The molecule has 0 aliphatic heterocycles. The molecular weight excluding hydrogens is 440 g/mol. The summed E-state index contributed by atoms with van der Waals surface area (Å²) in [7, 11) is 0. The second-order valence-corrected chi connectivity index (χ2v) is 5.84. The molecule has 0 amide bonds. The third-order valence-corrected chi connectivity index (χ3v) is 3.64. The maximum atomic E-state index is 12.5. The summed E-state index contributed by atoms with van der Waals surface area (Å²) in [5, 5.41) is 0. The maximum absolute atomic E-state index is 12.5. The molecular formula is C17H11BrF4O5. The molecule has 0 aliphatic carbocycles. The summed E-state index contributed by atoms with van der Waals surface area (Å²) in [5.41, 5.74) is -0.198. The Labute approximate surface area is 159 Å². The third-order valence-electron chi connectivity index (χ3n) is 3.11. The second kappa shape index (κ2) is 9.36. The Kier molecular flexibility index (Phi) is 7.17. The van der Waals surface area contributed by atoms with Gasteiger partial charge in [-0.25, -0.2) is 4.79 Å². The van der Waals surface area contributed by atoms with Crippen molar-refractivity contribution in [3.63, 3.8) is 0 Å². The Hall–Kier alpha value is -2.62. The van der Waals surface area contributed by atoms with E-state index in [1.165, 1.54) is 12.1 Å². The van der Waals surface area contributed by atoms with Crippen molar-refractivity contribution in [2.24, 2.45) is 0 Å². The highest BCUT2D eigenvalue weighted by molar-refractivity contribution is 9.10. The molecule has 2 aromatic carbocycles. The van der Waals surface area contributed by atoms with Crippen LogP contribution >= 0.6 is 15.9 Å². The largest absolute Gasteiger partial charge is 0.454 e. The lowest BCUT2D eigenvalue weighted by Gasteiger charge is -2.12. The van der Waals surface area contributed by atoms with E-state index in [1.54, 1.807) is 12.1 Å². The van der Waals surface area contributed by atoms with Gasteiger partial charge in [-0.15, -0.1) is 0 Å². The number of esters is 1. The average molecular weight is 451 g/mol. The van der Waals surface area contributed by atoms with E-state index in [4.69, 9.17) is 4.74 Å². The summed E-state index contributed by atoms with van der Waals surface area (Å²) in [6, 6.07) is 8.77. The summed E-state index contributed by atoms with van der Waals surface area (Å²) in [4.78, 5) is 24.1. The fourth-order valence-electron chi connectivity index (χ4n) is 1.98. The van der Waals surface area contributed by atoms with Gasteiger partial charge in [0, 0.05) is 10.5 Å².